The lowest BCUT2D eigenvalue weighted by molar-refractivity contribution is -0.116. The average molecular weight is 418 g/mol. The zero-order valence-corrected chi connectivity index (χ0v) is 16.8. The zero-order chi connectivity index (χ0) is 19.2. The van der Waals surface area contributed by atoms with Crippen LogP contribution < -0.4 is 5.32 Å². The summed E-state index contributed by atoms with van der Waals surface area (Å²) < 4.78 is 26.2. The van der Waals surface area contributed by atoms with E-state index in [9.17, 15) is 13.2 Å². The summed E-state index contributed by atoms with van der Waals surface area (Å²) in [4.78, 5) is 13.5. The molecule has 2 aromatic carbocycles. The predicted octanol–water partition coefficient (Wildman–Crippen LogP) is 5.02. The third-order valence-electron chi connectivity index (χ3n) is 4.63. The van der Waals surface area contributed by atoms with Crippen LogP contribution in [0.5, 0.6) is 0 Å². The molecular formula is C20H16ClNO3S2. The number of carbonyl (C=O) groups is 1. The number of carbonyl (C=O) groups excluding carboxylic acids is 1. The molecule has 4 rings (SSSR count). The van der Waals surface area contributed by atoms with Crippen LogP contribution in [0.2, 0.25) is 5.02 Å². The Morgan fingerprint density at radius 2 is 1.89 bits per heavy atom. The smallest absolute Gasteiger partial charge is 0.225 e. The number of aryl methyl sites for hydroxylation is 1. The molecule has 1 atom stereocenters. The number of rotatable bonds is 3. The van der Waals surface area contributed by atoms with Crippen molar-refractivity contribution in [2.75, 3.05) is 5.32 Å². The fourth-order valence-electron chi connectivity index (χ4n) is 3.24. The van der Waals surface area contributed by atoms with E-state index in [-0.39, 0.29) is 28.0 Å². The molecule has 1 aliphatic rings. The van der Waals surface area contributed by atoms with E-state index in [0.717, 1.165) is 16.0 Å². The van der Waals surface area contributed by atoms with E-state index in [1.807, 2.05) is 25.1 Å². The molecule has 0 saturated heterocycles. The molecule has 27 heavy (non-hydrogen) atoms. The lowest BCUT2D eigenvalue weighted by Crippen LogP contribution is -2.23. The summed E-state index contributed by atoms with van der Waals surface area (Å²) >= 11 is 7.46. The average Bonchev–Trinajstić information content (AvgIpc) is 3.06. The van der Waals surface area contributed by atoms with Crippen molar-refractivity contribution in [2.45, 2.75) is 29.1 Å². The molecule has 7 heteroatoms. The standard InChI is InChI=1S/C20H16ClNO3S2/c1-12-5-7-15(8-6-12)27(24,25)17-11-26-20-16(10-18(23)22-19(17)20)13-3-2-4-14(21)9-13/h2-9,11,16H,10H2,1H3,(H,22,23). The van der Waals surface area contributed by atoms with Gasteiger partial charge in [0.1, 0.15) is 4.90 Å². The zero-order valence-electron chi connectivity index (χ0n) is 14.4. The van der Waals surface area contributed by atoms with Gasteiger partial charge in [0.25, 0.3) is 0 Å². The summed E-state index contributed by atoms with van der Waals surface area (Å²) in [5.74, 6) is -0.411. The molecule has 1 aromatic heterocycles. The highest BCUT2D eigenvalue weighted by Crippen LogP contribution is 2.46. The van der Waals surface area contributed by atoms with Crippen LogP contribution in [0, 0.1) is 6.92 Å². The summed E-state index contributed by atoms with van der Waals surface area (Å²) in [5.41, 5.74) is 2.28. The van der Waals surface area contributed by atoms with Crippen LogP contribution in [0.25, 0.3) is 0 Å². The van der Waals surface area contributed by atoms with Crippen molar-refractivity contribution in [1.29, 1.82) is 0 Å². The van der Waals surface area contributed by atoms with Crippen LogP contribution in [-0.2, 0) is 14.6 Å². The van der Waals surface area contributed by atoms with Crippen molar-refractivity contribution >= 4 is 44.4 Å². The van der Waals surface area contributed by atoms with Gasteiger partial charge in [0.2, 0.25) is 15.7 Å². The van der Waals surface area contributed by atoms with Gasteiger partial charge >= 0.3 is 0 Å². The molecule has 0 radical (unpaired) electrons. The van der Waals surface area contributed by atoms with Crippen molar-refractivity contribution in [3.05, 3.63) is 74.9 Å². The van der Waals surface area contributed by atoms with Crippen molar-refractivity contribution in [1.82, 2.24) is 0 Å². The minimum atomic E-state index is -3.72. The first-order valence-electron chi connectivity index (χ1n) is 8.35. The molecule has 138 valence electrons. The van der Waals surface area contributed by atoms with E-state index in [4.69, 9.17) is 11.6 Å². The maximum atomic E-state index is 13.1. The molecule has 1 amide bonds. The summed E-state index contributed by atoms with van der Waals surface area (Å²) in [7, 11) is -3.72. The van der Waals surface area contributed by atoms with E-state index < -0.39 is 9.84 Å². The summed E-state index contributed by atoms with van der Waals surface area (Å²) in [5, 5.41) is 4.97. The highest BCUT2D eigenvalue weighted by atomic mass is 35.5. The third-order valence-corrected chi connectivity index (χ3v) is 7.90. The van der Waals surface area contributed by atoms with Gasteiger partial charge in [0, 0.05) is 27.6 Å². The minimum Gasteiger partial charge on any atom is -0.324 e. The van der Waals surface area contributed by atoms with Crippen molar-refractivity contribution in [3.63, 3.8) is 0 Å². The first-order valence-corrected chi connectivity index (χ1v) is 11.1. The molecule has 0 bridgehead atoms. The quantitative estimate of drug-likeness (QED) is 0.651. The number of benzene rings is 2. The molecule has 0 spiro atoms. The number of fused-ring (bicyclic) bond motifs is 1. The Morgan fingerprint density at radius 1 is 1.15 bits per heavy atom. The van der Waals surface area contributed by atoms with Crippen LogP contribution in [0.1, 0.15) is 28.3 Å². The van der Waals surface area contributed by atoms with Crippen LogP contribution >= 0.6 is 22.9 Å². The number of thiophene rings is 1. The number of amides is 1. The summed E-state index contributed by atoms with van der Waals surface area (Å²) in [6, 6.07) is 14.0. The van der Waals surface area contributed by atoms with Crippen LogP contribution in [0.4, 0.5) is 5.69 Å². The van der Waals surface area contributed by atoms with E-state index in [1.165, 1.54) is 11.3 Å². The van der Waals surface area contributed by atoms with E-state index >= 15 is 0 Å². The Kier molecular flexibility index (Phi) is 4.58. The highest BCUT2D eigenvalue weighted by Gasteiger charge is 2.34. The molecule has 0 fully saturated rings. The largest absolute Gasteiger partial charge is 0.324 e. The first-order chi connectivity index (χ1) is 12.9. The second-order valence-corrected chi connectivity index (χ2v) is 9.78. The van der Waals surface area contributed by atoms with Crippen molar-refractivity contribution in [2.24, 2.45) is 0 Å². The molecule has 3 aromatic rings. The maximum absolute atomic E-state index is 13.1. The van der Waals surface area contributed by atoms with Gasteiger partial charge in [-0.15, -0.1) is 11.3 Å². The molecule has 0 aliphatic carbocycles. The second-order valence-electron chi connectivity index (χ2n) is 6.52. The molecule has 0 saturated carbocycles. The number of nitrogens with one attached hydrogen (secondary N) is 1. The van der Waals surface area contributed by atoms with Gasteiger partial charge in [-0.05, 0) is 36.8 Å². The fraction of sp³-hybridized carbons (Fsp3) is 0.150. The van der Waals surface area contributed by atoms with Gasteiger partial charge in [-0.3, -0.25) is 4.79 Å². The van der Waals surface area contributed by atoms with Crippen LogP contribution in [0.3, 0.4) is 0 Å². The van der Waals surface area contributed by atoms with E-state index in [0.29, 0.717) is 10.7 Å². The number of hydrogen-bond donors (Lipinski definition) is 1. The number of anilines is 1. The monoisotopic (exact) mass is 417 g/mol. The Bertz CT molecular complexity index is 1130. The molecular weight excluding hydrogens is 402 g/mol. The number of hydrogen-bond acceptors (Lipinski definition) is 4. The number of halogens is 1. The Balaban J connectivity index is 1.83. The van der Waals surface area contributed by atoms with Crippen LogP contribution in [-0.4, -0.2) is 14.3 Å². The van der Waals surface area contributed by atoms with E-state index in [2.05, 4.69) is 5.32 Å². The minimum absolute atomic E-state index is 0.145. The summed E-state index contributed by atoms with van der Waals surface area (Å²) in [6.07, 6.45) is 0.262. The molecule has 2 heterocycles. The maximum Gasteiger partial charge on any atom is 0.225 e. The van der Waals surface area contributed by atoms with Gasteiger partial charge in [-0.25, -0.2) is 8.42 Å². The van der Waals surface area contributed by atoms with E-state index in [1.54, 1.807) is 35.7 Å². The molecule has 1 unspecified atom stereocenters. The summed E-state index contributed by atoms with van der Waals surface area (Å²) in [6.45, 7) is 1.90. The Hall–Kier alpha value is -2.15. The Labute approximate surface area is 166 Å². The van der Waals surface area contributed by atoms with Crippen LogP contribution in [0.15, 0.2) is 63.7 Å². The topological polar surface area (TPSA) is 63.2 Å². The van der Waals surface area contributed by atoms with Gasteiger partial charge in [0.15, 0.2) is 0 Å². The number of sulfone groups is 1. The van der Waals surface area contributed by atoms with Gasteiger partial charge < -0.3 is 5.32 Å². The third kappa shape index (κ3) is 3.29. The fourth-order valence-corrected chi connectivity index (χ4v) is 6.35. The molecule has 4 nitrogen and oxygen atoms in total. The first kappa shape index (κ1) is 18.2. The lowest BCUT2D eigenvalue weighted by atomic mass is 9.91. The van der Waals surface area contributed by atoms with Crippen molar-refractivity contribution < 1.29 is 13.2 Å². The highest BCUT2D eigenvalue weighted by molar-refractivity contribution is 7.91. The second kappa shape index (κ2) is 6.78. The SMILES string of the molecule is Cc1ccc(S(=O)(=O)c2csc3c2NC(=O)CC3c2cccc(Cl)c2)cc1. The molecule has 1 N–H and O–H groups in total. The van der Waals surface area contributed by atoms with Gasteiger partial charge in [-0.2, -0.15) is 0 Å². The lowest BCUT2D eigenvalue weighted by Gasteiger charge is -2.24. The van der Waals surface area contributed by atoms with Gasteiger partial charge in [0.05, 0.1) is 10.6 Å². The predicted molar refractivity (Wildman–Crippen MR) is 107 cm³/mol. The Morgan fingerprint density at radius 3 is 2.59 bits per heavy atom. The molecule has 1 aliphatic heterocycles. The normalized spacial score (nSPS) is 16.7. The van der Waals surface area contributed by atoms with Crippen molar-refractivity contribution in [3.8, 4) is 0 Å². The van der Waals surface area contributed by atoms with Gasteiger partial charge in [-0.1, -0.05) is 41.4 Å².